The predicted molar refractivity (Wildman–Crippen MR) is 96.3 cm³/mol. The molecule has 2 aromatic rings. The third kappa shape index (κ3) is 5.35. The Hall–Kier alpha value is -1.77. The van der Waals surface area contributed by atoms with E-state index in [4.69, 9.17) is 0 Å². The number of hydrogen-bond donors (Lipinski definition) is 1. The van der Waals surface area contributed by atoms with Crippen molar-refractivity contribution in [1.82, 2.24) is 9.62 Å². The van der Waals surface area contributed by atoms with Gasteiger partial charge in [-0.15, -0.1) is 11.3 Å². The van der Waals surface area contributed by atoms with E-state index >= 15 is 0 Å². The Balaban J connectivity index is 1.79. The van der Waals surface area contributed by atoms with Gasteiger partial charge in [0.1, 0.15) is 10.0 Å². The highest BCUT2D eigenvalue weighted by Crippen LogP contribution is 2.20. The second kappa shape index (κ2) is 8.55. The van der Waals surface area contributed by atoms with Crippen LogP contribution in [-0.2, 0) is 14.8 Å². The summed E-state index contributed by atoms with van der Waals surface area (Å²) < 4.78 is 39.0. The molecule has 1 aromatic carbocycles. The molecule has 0 saturated carbocycles. The van der Waals surface area contributed by atoms with E-state index in [0.717, 1.165) is 5.56 Å². The van der Waals surface area contributed by atoms with Crippen LogP contribution in [0.3, 0.4) is 0 Å². The van der Waals surface area contributed by atoms with Crippen LogP contribution >= 0.6 is 11.3 Å². The highest BCUT2D eigenvalue weighted by Gasteiger charge is 2.21. The van der Waals surface area contributed by atoms with E-state index < -0.39 is 10.0 Å². The molecule has 1 amide bonds. The zero-order valence-corrected chi connectivity index (χ0v) is 15.7. The zero-order chi connectivity index (χ0) is 18.4. The third-order valence-corrected chi connectivity index (χ3v) is 7.01. The molecule has 136 valence electrons. The number of carbonyl (C=O) groups excluding carboxylic acids is 1. The maximum atomic E-state index is 12.9. The Labute approximate surface area is 151 Å². The summed E-state index contributed by atoms with van der Waals surface area (Å²) in [6.45, 7) is 2.08. The Morgan fingerprint density at radius 1 is 1.28 bits per heavy atom. The monoisotopic (exact) mass is 384 g/mol. The first kappa shape index (κ1) is 19.6. The first-order chi connectivity index (χ1) is 11.8. The highest BCUT2D eigenvalue weighted by molar-refractivity contribution is 7.91. The molecule has 0 bridgehead atoms. The molecule has 0 saturated heterocycles. The van der Waals surface area contributed by atoms with E-state index in [0.29, 0.717) is 10.6 Å². The molecule has 0 aliphatic heterocycles. The molecule has 0 spiro atoms. The van der Waals surface area contributed by atoms with Gasteiger partial charge in [0.15, 0.2) is 0 Å². The Kier molecular flexibility index (Phi) is 6.69. The number of amides is 1. The van der Waals surface area contributed by atoms with Gasteiger partial charge < -0.3 is 5.32 Å². The molecular weight excluding hydrogens is 363 g/mol. The summed E-state index contributed by atoms with van der Waals surface area (Å²) in [5, 5.41) is 4.54. The molecule has 25 heavy (non-hydrogen) atoms. The molecule has 5 nitrogen and oxygen atoms in total. The van der Waals surface area contributed by atoms with E-state index in [9.17, 15) is 17.6 Å². The molecule has 1 aromatic heterocycles. The number of carbonyl (C=O) groups is 1. The number of benzene rings is 1. The van der Waals surface area contributed by atoms with Gasteiger partial charge in [0, 0.05) is 20.0 Å². The SMILES string of the molecule is CC(NC(=O)CCCN(C)S(=O)(=O)c1cccs1)c1ccc(F)cc1. The molecule has 1 N–H and O–H groups in total. The van der Waals surface area contributed by atoms with E-state index in [1.165, 1.54) is 34.8 Å². The number of halogens is 1. The van der Waals surface area contributed by atoms with Crippen LogP contribution in [0.1, 0.15) is 31.4 Å². The van der Waals surface area contributed by atoms with Gasteiger partial charge in [-0.3, -0.25) is 4.79 Å². The summed E-state index contributed by atoms with van der Waals surface area (Å²) in [4.78, 5) is 12.0. The average Bonchev–Trinajstić information content (AvgIpc) is 3.10. The molecule has 0 radical (unpaired) electrons. The van der Waals surface area contributed by atoms with E-state index in [1.807, 2.05) is 6.92 Å². The minimum absolute atomic E-state index is 0.168. The van der Waals surface area contributed by atoms with Crippen molar-refractivity contribution in [1.29, 1.82) is 0 Å². The van der Waals surface area contributed by atoms with Crippen LogP contribution in [0.15, 0.2) is 46.0 Å². The second-order valence-corrected chi connectivity index (χ2v) is 8.92. The molecule has 8 heteroatoms. The van der Waals surface area contributed by atoms with Crippen molar-refractivity contribution in [3.05, 3.63) is 53.2 Å². The molecule has 0 aliphatic carbocycles. The van der Waals surface area contributed by atoms with Crippen LogP contribution in [0.2, 0.25) is 0 Å². The van der Waals surface area contributed by atoms with Crippen LogP contribution in [0.4, 0.5) is 4.39 Å². The summed E-state index contributed by atoms with van der Waals surface area (Å²) in [5.74, 6) is -0.490. The average molecular weight is 384 g/mol. The quantitative estimate of drug-likeness (QED) is 0.760. The van der Waals surface area contributed by atoms with Crippen LogP contribution in [0.25, 0.3) is 0 Å². The maximum absolute atomic E-state index is 12.9. The lowest BCUT2D eigenvalue weighted by Crippen LogP contribution is -2.30. The molecule has 0 fully saturated rings. The largest absolute Gasteiger partial charge is 0.350 e. The van der Waals surface area contributed by atoms with Crippen molar-refractivity contribution in [3.63, 3.8) is 0 Å². The first-order valence-electron chi connectivity index (χ1n) is 7.85. The summed E-state index contributed by atoms with van der Waals surface area (Å²) in [6.07, 6.45) is 0.638. The minimum atomic E-state index is -3.48. The lowest BCUT2D eigenvalue weighted by Gasteiger charge is -2.17. The van der Waals surface area contributed by atoms with Crippen molar-refractivity contribution in [2.45, 2.75) is 30.0 Å². The predicted octanol–water partition coefficient (Wildman–Crippen LogP) is 3.17. The Bertz CT molecular complexity index is 790. The lowest BCUT2D eigenvalue weighted by molar-refractivity contribution is -0.121. The Morgan fingerprint density at radius 2 is 1.96 bits per heavy atom. The van der Waals surface area contributed by atoms with Gasteiger partial charge in [0.05, 0.1) is 6.04 Å². The Morgan fingerprint density at radius 3 is 2.56 bits per heavy atom. The van der Waals surface area contributed by atoms with E-state index in [-0.39, 0.29) is 30.7 Å². The van der Waals surface area contributed by atoms with Gasteiger partial charge in [-0.25, -0.2) is 17.1 Å². The minimum Gasteiger partial charge on any atom is -0.350 e. The summed E-state index contributed by atoms with van der Waals surface area (Å²) in [5.41, 5.74) is 0.812. The number of nitrogens with zero attached hydrogens (tertiary/aromatic N) is 1. The number of sulfonamides is 1. The fraction of sp³-hybridized carbons (Fsp3) is 0.353. The molecule has 2 rings (SSSR count). The van der Waals surface area contributed by atoms with Crippen molar-refractivity contribution in [3.8, 4) is 0 Å². The second-order valence-electron chi connectivity index (χ2n) is 5.70. The van der Waals surface area contributed by atoms with Crippen LogP contribution in [-0.4, -0.2) is 32.2 Å². The molecular formula is C17H21FN2O3S2. The third-order valence-electron chi connectivity index (χ3n) is 3.78. The molecule has 0 aliphatic rings. The van der Waals surface area contributed by atoms with Crippen LogP contribution < -0.4 is 5.32 Å². The number of rotatable bonds is 8. The van der Waals surface area contributed by atoms with Gasteiger partial charge in [-0.1, -0.05) is 18.2 Å². The lowest BCUT2D eigenvalue weighted by atomic mass is 10.1. The van der Waals surface area contributed by atoms with Crippen molar-refractivity contribution < 1.29 is 17.6 Å². The molecule has 1 atom stereocenters. The summed E-state index contributed by atoms with van der Waals surface area (Å²) in [6, 6.07) is 8.97. The van der Waals surface area contributed by atoms with Gasteiger partial charge >= 0.3 is 0 Å². The van der Waals surface area contributed by atoms with E-state index in [1.54, 1.807) is 29.6 Å². The molecule has 1 unspecified atom stereocenters. The van der Waals surface area contributed by atoms with Crippen LogP contribution in [0, 0.1) is 5.82 Å². The zero-order valence-electron chi connectivity index (χ0n) is 14.1. The van der Waals surface area contributed by atoms with Crippen molar-refractivity contribution >= 4 is 27.3 Å². The molecule has 1 heterocycles. The highest BCUT2D eigenvalue weighted by atomic mass is 32.2. The van der Waals surface area contributed by atoms with Gasteiger partial charge in [0.25, 0.3) is 10.0 Å². The summed E-state index contributed by atoms with van der Waals surface area (Å²) >= 11 is 1.17. The van der Waals surface area contributed by atoms with Gasteiger partial charge in [0.2, 0.25) is 5.91 Å². The first-order valence-corrected chi connectivity index (χ1v) is 10.2. The maximum Gasteiger partial charge on any atom is 0.252 e. The van der Waals surface area contributed by atoms with Gasteiger partial charge in [-0.05, 0) is 42.5 Å². The van der Waals surface area contributed by atoms with Gasteiger partial charge in [-0.2, -0.15) is 0 Å². The topological polar surface area (TPSA) is 66.5 Å². The van der Waals surface area contributed by atoms with Crippen LogP contribution in [0.5, 0.6) is 0 Å². The van der Waals surface area contributed by atoms with Crippen molar-refractivity contribution in [2.24, 2.45) is 0 Å². The fourth-order valence-electron chi connectivity index (χ4n) is 2.29. The summed E-state index contributed by atoms with van der Waals surface area (Å²) in [7, 11) is -1.97. The number of thiophene rings is 1. The standard InChI is InChI=1S/C17H21FN2O3S2/c1-13(14-7-9-15(18)10-8-14)19-16(21)5-3-11-20(2)25(22,23)17-6-4-12-24-17/h4,6-10,12-13H,3,5,11H2,1-2H3,(H,19,21). The smallest absolute Gasteiger partial charge is 0.252 e. The van der Waals surface area contributed by atoms with Crippen molar-refractivity contribution in [2.75, 3.05) is 13.6 Å². The normalized spacial score (nSPS) is 13.0. The number of hydrogen-bond acceptors (Lipinski definition) is 4. The number of nitrogens with one attached hydrogen (secondary N) is 1. The van der Waals surface area contributed by atoms with E-state index in [2.05, 4.69) is 5.32 Å². The fourth-order valence-corrected chi connectivity index (χ4v) is 4.71.